The Morgan fingerprint density at radius 3 is 2.32 bits per heavy atom. The smallest absolute Gasteiger partial charge is 0.122 e. The average Bonchev–Trinajstić information content (AvgIpc) is 3.45. The van der Waals surface area contributed by atoms with Crippen molar-refractivity contribution in [3.63, 3.8) is 0 Å². The maximum atomic E-state index is 2.56. The number of nitrogens with zero attached hydrogens (tertiary/aromatic N) is 3. The highest BCUT2D eigenvalue weighted by Crippen LogP contribution is 2.50. The maximum absolute atomic E-state index is 2.56. The minimum absolute atomic E-state index is 0.232. The lowest BCUT2D eigenvalue weighted by molar-refractivity contribution is 0.826. The highest BCUT2D eigenvalue weighted by molar-refractivity contribution is 6.31. The Morgan fingerprint density at radius 2 is 1.42 bits per heavy atom. The first-order chi connectivity index (χ1) is 18.7. The van der Waals surface area contributed by atoms with Crippen molar-refractivity contribution in [3.05, 3.63) is 120 Å². The Balaban J connectivity index is 1.62. The van der Waals surface area contributed by atoms with Crippen LogP contribution in [-0.4, -0.2) is 22.1 Å². The molecule has 0 N–H and O–H groups in total. The zero-order valence-corrected chi connectivity index (χ0v) is 21.3. The van der Waals surface area contributed by atoms with E-state index in [-0.39, 0.29) is 6.04 Å². The number of rotatable bonds is 1. The van der Waals surface area contributed by atoms with Gasteiger partial charge in [0, 0.05) is 39.8 Å². The largest absolute Gasteiger partial charge is 0.350 e. The van der Waals surface area contributed by atoms with E-state index >= 15 is 0 Å². The summed E-state index contributed by atoms with van der Waals surface area (Å²) >= 11 is 0. The molecular weight excluding hydrogens is 462 g/mol. The summed E-state index contributed by atoms with van der Waals surface area (Å²) in [4.78, 5) is 2.47. The molecule has 1 unspecified atom stereocenters. The predicted molar refractivity (Wildman–Crippen MR) is 161 cm³/mol. The van der Waals surface area contributed by atoms with E-state index in [4.69, 9.17) is 0 Å². The van der Waals surface area contributed by atoms with Crippen LogP contribution in [0.4, 0.5) is 5.82 Å². The van der Waals surface area contributed by atoms with E-state index in [0.29, 0.717) is 0 Å². The molecule has 0 saturated carbocycles. The second-order valence-electron chi connectivity index (χ2n) is 10.7. The number of fused-ring (bicyclic) bond motifs is 7. The summed E-state index contributed by atoms with van der Waals surface area (Å²) in [5.41, 5.74) is 10.4. The third-order valence-electron chi connectivity index (χ3n) is 8.87. The number of likely N-dealkylation sites (N-methyl/N-ethyl adjacent to an activating group) is 1. The maximum Gasteiger partial charge on any atom is 0.122 e. The molecule has 4 aromatic carbocycles. The van der Waals surface area contributed by atoms with Gasteiger partial charge in [-0.3, -0.25) is 4.40 Å². The van der Waals surface area contributed by atoms with Crippen LogP contribution in [-0.2, 0) is 0 Å². The van der Waals surface area contributed by atoms with Crippen LogP contribution in [0.3, 0.4) is 0 Å². The number of aromatic nitrogens is 2. The molecular formula is C35H25N3. The summed E-state index contributed by atoms with van der Waals surface area (Å²) in [7, 11) is 2.25. The first kappa shape index (κ1) is 20.3. The molecule has 3 heteroatoms. The summed E-state index contributed by atoms with van der Waals surface area (Å²) in [5, 5.41) is 6.58. The molecule has 1 atom stereocenters. The van der Waals surface area contributed by atoms with Gasteiger partial charge >= 0.3 is 0 Å². The van der Waals surface area contributed by atoms with Crippen LogP contribution in [0, 0.1) is 0 Å². The fraction of sp³-hybridized carbons (Fsp3) is 0.0857. The van der Waals surface area contributed by atoms with Gasteiger partial charge in [-0.1, -0.05) is 72.8 Å². The topological polar surface area (TPSA) is 12.6 Å². The molecule has 9 rings (SSSR count). The van der Waals surface area contributed by atoms with Gasteiger partial charge in [-0.25, -0.2) is 0 Å². The number of hydrogen-bond donors (Lipinski definition) is 0. The van der Waals surface area contributed by atoms with Crippen LogP contribution in [0.15, 0.2) is 115 Å². The van der Waals surface area contributed by atoms with Crippen LogP contribution in [0.25, 0.3) is 60.3 Å². The summed E-state index contributed by atoms with van der Waals surface area (Å²) in [6, 6.07) is 31.4. The average molecular weight is 488 g/mol. The van der Waals surface area contributed by atoms with Crippen molar-refractivity contribution in [2.45, 2.75) is 13.0 Å². The summed E-state index contributed by atoms with van der Waals surface area (Å²) in [6.45, 7) is 2.31. The molecule has 3 aromatic heterocycles. The molecule has 0 amide bonds. The first-order valence-electron chi connectivity index (χ1n) is 13.3. The van der Waals surface area contributed by atoms with E-state index in [1.807, 2.05) is 0 Å². The Kier molecular flexibility index (Phi) is 3.72. The third kappa shape index (κ3) is 2.27. The number of anilines is 1. The molecule has 1 aliphatic carbocycles. The molecule has 4 heterocycles. The third-order valence-corrected chi connectivity index (χ3v) is 8.87. The molecule has 0 bridgehead atoms. The number of benzene rings is 4. The fourth-order valence-electron chi connectivity index (χ4n) is 7.31. The van der Waals surface area contributed by atoms with E-state index < -0.39 is 0 Å². The zero-order valence-electron chi connectivity index (χ0n) is 21.3. The van der Waals surface area contributed by atoms with Crippen molar-refractivity contribution >= 4 is 60.4 Å². The summed E-state index contributed by atoms with van der Waals surface area (Å²) in [5.74, 6) is 1.28. The van der Waals surface area contributed by atoms with Crippen molar-refractivity contribution < 1.29 is 0 Å². The van der Waals surface area contributed by atoms with Gasteiger partial charge in [0.2, 0.25) is 0 Å². The second-order valence-corrected chi connectivity index (χ2v) is 10.7. The monoisotopic (exact) mass is 487 g/mol. The molecule has 0 fully saturated rings. The van der Waals surface area contributed by atoms with E-state index in [1.54, 1.807) is 0 Å². The molecule has 0 spiro atoms. The zero-order chi connectivity index (χ0) is 25.1. The van der Waals surface area contributed by atoms with Crippen molar-refractivity contribution in [1.29, 1.82) is 0 Å². The van der Waals surface area contributed by atoms with Gasteiger partial charge in [0.25, 0.3) is 0 Å². The minimum Gasteiger partial charge on any atom is -0.350 e. The summed E-state index contributed by atoms with van der Waals surface area (Å²) in [6.07, 6.45) is 8.97. The highest BCUT2D eigenvalue weighted by atomic mass is 15.2. The van der Waals surface area contributed by atoms with E-state index in [1.165, 1.54) is 77.2 Å². The number of hydrogen-bond acceptors (Lipinski definition) is 1. The second kappa shape index (κ2) is 6.96. The van der Waals surface area contributed by atoms with Gasteiger partial charge in [0.15, 0.2) is 0 Å². The Labute approximate surface area is 220 Å². The van der Waals surface area contributed by atoms with Gasteiger partial charge in [0.05, 0.1) is 28.1 Å². The van der Waals surface area contributed by atoms with Gasteiger partial charge in [-0.15, -0.1) is 0 Å². The van der Waals surface area contributed by atoms with Gasteiger partial charge < -0.3 is 9.47 Å². The SMILES string of the molecule is CC1=C2C=CC=CC2N(C)c2c1c1ccc3c4c5c(cccc5n3-c3ccccc3)c3ccccc3n2c14. The van der Waals surface area contributed by atoms with Crippen LogP contribution in [0.2, 0.25) is 0 Å². The van der Waals surface area contributed by atoms with E-state index in [2.05, 4.69) is 137 Å². The molecule has 38 heavy (non-hydrogen) atoms. The first-order valence-corrected chi connectivity index (χ1v) is 13.3. The van der Waals surface area contributed by atoms with Gasteiger partial charge in [-0.05, 0) is 59.9 Å². The number of allylic oxidation sites excluding steroid dienone is 3. The van der Waals surface area contributed by atoms with E-state index in [0.717, 1.165) is 0 Å². The van der Waals surface area contributed by atoms with Crippen molar-refractivity contribution in [3.8, 4) is 5.69 Å². The van der Waals surface area contributed by atoms with Gasteiger partial charge in [-0.2, -0.15) is 0 Å². The molecule has 2 aliphatic rings. The number of para-hydroxylation sites is 2. The highest BCUT2D eigenvalue weighted by Gasteiger charge is 2.34. The normalized spacial score (nSPS) is 17.1. The molecule has 3 nitrogen and oxygen atoms in total. The lowest BCUT2D eigenvalue weighted by Gasteiger charge is -2.36. The van der Waals surface area contributed by atoms with Crippen LogP contribution >= 0.6 is 0 Å². The van der Waals surface area contributed by atoms with Crippen LogP contribution < -0.4 is 4.90 Å². The van der Waals surface area contributed by atoms with Crippen LogP contribution in [0.5, 0.6) is 0 Å². The van der Waals surface area contributed by atoms with Crippen molar-refractivity contribution in [1.82, 2.24) is 8.97 Å². The summed E-state index contributed by atoms with van der Waals surface area (Å²) < 4.78 is 5.00. The van der Waals surface area contributed by atoms with E-state index in [9.17, 15) is 0 Å². The minimum atomic E-state index is 0.232. The van der Waals surface area contributed by atoms with Crippen molar-refractivity contribution in [2.75, 3.05) is 11.9 Å². The van der Waals surface area contributed by atoms with Crippen molar-refractivity contribution in [2.24, 2.45) is 0 Å². The molecule has 1 aliphatic heterocycles. The quantitative estimate of drug-likeness (QED) is 0.226. The Morgan fingerprint density at radius 1 is 0.658 bits per heavy atom. The Hall–Kier alpha value is -4.76. The lowest BCUT2D eigenvalue weighted by atomic mass is 9.88. The lowest BCUT2D eigenvalue weighted by Crippen LogP contribution is -2.36. The fourth-order valence-corrected chi connectivity index (χ4v) is 7.31. The predicted octanol–water partition coefficient (Wildman–Crippen LogP) is 8.50. The molecule has 0 radical (unpaired) electrons. The Bertz CT molecular complexity index is 2200. The molecule has 7 aromatic rings. The van der Waals surface area contributed by atoms with Crippen LogP contribution in [0.1, 0.15) is 12.5 Å². The standard InChI is InChI=1S/C35H25N3/c1-21-23-13-6-8-16-27(23)36(2)35-31(21)26-19-20-30-33-32-25(24-14-7-9-17-28(24)38(35)34(26)33)15-10-18-29(32)37(30)22-11-4-3-5-12-22/h3-20,27H,1-2H3. The molecule has 180 valence electrons. The van der Waals surface area contributed by atoms with Gasteiger partial charge in [0.1, 0.15) is 5.82 Å². The molecule has 0 saturated heterocycles.